The molecule has 1 heterocycles. The first-order chi connectivity index (χ1) is 14.1. The highest BCUT2D eigenvalue weighted by Crippen LogP contribution is 2.33. The fourth-order valence-electron chi connectivity index (χ4n) is 3.03. The van der Waals surface area contributed by atoms with Gasteiger partial charge in [0, 0.05) is 11.3 Å². The Balaban J connectivity index is 1.57. The van der Waals surface area contributed by atoms with E-state index >= 15 is 0 Å². The van der Waals surface area contributed by atoms with Crippen LogP contribution in [-0.4, -0.2) is 17.9 Å². The van der Waals surface area contributed by atoms with Crippen LogP contribution in [0.25, 0.3) is 0 Å². The largest absolute Gasteiger partial charge is 0.479 e. The second kappa shape index (κ2) is 8.06. The second-order valence-electron chi connectivity index (χ2n) is 6.67. The summed E-state index contributed by atoms with van der Waals surface area (Å²) in [5.74, 6) is 0.610. The van der Waals surface area contributed by atoms with E-state index in [0.29, 0.717) is 22.9 Å². The number of carbonyl (C=O) groups is 2. The molecule has 0 spiro atoms. The summed E-state index contributed by atoms with van der Waals surface area (Å²) in [6, 6.07) is 23.6. The van der Waals surface area contributed by atoms with Crippen LogP contribution < -0.4 is 20.1 Å². The van der Waals surface area contributed by atoms with Crippen molar-refractivity contribution in [1.29, 1.82) is 0 Å². The molecule has 0 radical (unpaired) electrons. The molecule has 0 aromatic heterocycles. The van der Waals surface area contributed by atoms with Gasteiger partial charge in [0.25, 0.3) is 11.8 Å². The number of hydrogen-bond acceptors (Lipinski definition) is 4. The molecular weight excluding hydrogens is 368 g/mol. The summed E-state index contributed by atoms with van der Waals surface area (Å²) in [5.41, 5.74) is 1.79. The Morgan fingerprint density at radius 3 is 2.45 bits per heavy atom. The van der Waals surface area contributed by atoms with Crippen LogP contribution in [0.4, 0.5) is 11.4 Å². The lowest BCUT2D eigenvalue weighted by molar-refractivity contribution is -0.123. The number of benzene rings is 3. The van der Waals surface area contributed by atoms with E-state index < -0.39 is 12.2 Å². The molecule has 1 aliphatic rings. The average molecular weight is 388 g/mol. The smallest absolute Gasteiger partial charge is 0.270 e. The Kier molecular flexibility index (Phi) is 5.16. The predicted molar refractivity (Wildman–Crippen MR) is 110 cm³/mol. The maximum atomic E-state index is 13.0. The van der Waals surface area contributed by atoms with Gasteiger partial charge in [-0.2, -0.15) is 0 Å². The lowest BCUT2D eigenvalue weighted by atomic mass is 10.1. The number of fused-ring (bicyclic) bond motifs is 1. The minimum atomic E-state index is -0.833. The number of ether oxygens (including phenoxy) is 2. The van der Waals surface area contributed by atoms with Crippen molar-refractivity contribution in [3.63, 3.8) is 0 Å². The van der Waals surface area contributed by atoms with Gasteiger partial charge in [0.2, 0.25) is 6.10 Å². The summed E-state index contributed by atoms with van der Waals surface area (Å²) in [6.45, 7) is 1.68. The molecule has 2 N–H and O–H groups in total. The van der Waals surface area contributed by atoms with E-state index in [-0.39, 0.29) is 11.8 Å². The number of anilines is 2. The quantitative estimate of drug-likeness (QED) is 0.688. The van der Waals surface area contributed by atoms with Gasteiger partial charge in [-0.05, 0) is 37.3 Å². The van der Waals surface area contributed by atoms with Crippen molar-refractivity contribution in [2.45, 2.75) is 19.1 Å². The number of amides is 2. The Labute approximate surface area is 168 Å². The number of carbonyl (C=O) groups excluding carboxylic acids is 2. The van der Waals surface area contributed by atoms with Crippen LogP contribution >= 0.6 is 0 Å². The van der Waals surface area contributed by atoms with Gasteiger partial charge in [0.05, 0.1) is 5.69 Å². The molecule has 2 amide bonds. The molecule has 0 unspecified atom stereocenters. The van der Waals surface area contributed by atoms with E-state index in [4.69, 9.17) is 9.47 Å². The highest BCUT2D eigenvalue weighted by molar-refractivity contribution is 6.00. The van der Waals surface area contributed by atoms with Crippen molar-refractivity contribution >= 4 is 23.2 Å². The third-order valence-corrected chi connectivity index (χ3v) is 4.52. The molecule has 0 bridgehead atoms. The van der Waals surface area contributed by atoms with Crippen molar-refractivity contribution in [3.8, 4) is 11.5 Å². The van der Waals surface area contributed by atoms with Crippen LogP contribution in [0.2, 0.25) is 0 Å². The summed E-state index contributed by atoms with van der Waals surface area (Å²) in [7, 11) is 0. The molecule has 6 nitrogen and oxygen atoms in total. The normalized spacial score (nSPS) is 16.0. The third kappa shape index (κ3) is 4.21. The maximum Gasteiger partial charge on any atom is 0.270 e. The molecule has 0 fully saturated rings. The summed E-state index contributed by atoms with van der Waals surface area (Å²) < 4.78 is 11.5. The first kappa shape index (κ1) is 18.6. The number of nitrogens with one attached hydrogen (secondary N) is 2. The van der Waals surface area contributed by atoms with Crippen molar-refractivity contribution in [2.24, 2.45) is 0 Å². The molecule has 146 valence electrons. The van der Waals surface area contributed by atoms with Crippen LogP contribution in [0, 0.1) is 0 Å². The zero-order valence-electron chi connectivity index (χ0n) is 15.8. The molecule has 4 rings (SSSR count). The van der Waals surface area contributed by atoms with Crippen LogP contribution in [0.3, 0.4) is 0 Å². The fraction of sp³-hybridized carbons (Fsp3) is 0.130. The van der Waals surface area contributed by atoms with E-state index in [1.54, 1.807) is 37.3 Å². The Hall–Kier alpha value is -3.80. The van der Waals surface area contributed by atoms with Crippen molar-refractivity contribution < 1.29 is 19.1 Å². The molecule has 1 aliphatic heterocycles. The molecule has 0 saturated carbocycles. The second-order valence-corrected chi connectivity index (χ2v) is 6.67. The summed E-state index contributed by atoms with van der Waals surface area (Å²) >= 11 is 0. The van der Waals surface area contributed by atoms with Gasteiger partial charge in [-0.25, -0.2) is 0 Å². The van der Waals surface area contributed by atoms with Gasteiger partial charge >= 0.3 is 0 Å². The molecule has 0 saturated heterocycles. The average Bonchev–Trinajstić information content (AvgIpc) is 2.74. The highest BCUT2D eigenvalue weighted by Gasteiger charge is 2.26. The number of rotatable bonds is 5. The lowest BCUT2D eigenvalue weighted by Crippen LogP contribution is -2.34. The Morgan fingerprint density at radius 2 is 1.72 bits per heavy atom. The Bertz CT molecular complexity index is 1020. The van der Waals surface area contributed by atoms with Gasteiger partial charge < -0.3 is 20.1 Å². The maximum absolute atomic E-state index is 13.0. The molecule has 2 atom stereocenters. The van der Waals surface area contributed by atoms with Crippen molar-refractivity contribution in [3.05, 3.63) is 84.4 Å². The summed E-state index contributed by atoms with van der Waals surface area (Å²) in [6.07, 6.45) is -1.38. The lowest BCUT2D eigenvalue weighted by Gasteiger charge is -2.24. The van der Waals surface area contributed by atoms with Gasteiger partial charge in [0.15, 0.2) is 6.10 Å². The van der Waals surface area contributed by atoms with E-state index in [1.165, 1.54) is 0 Å². The highest BCUT2D eigenvalue weighted by atomic mass is 16.5. The van der Waals surface area contributed by atoms with E-state index in [9.17, 15) is 9.59 Å². The number of para-hydroxylation sites is 1. The van der Waals surface area contributed by atoms with Crippen LogP contribution in [0.5, 0.6) is 11.5 Å². The Morgan fingerprint density at radius 1 is 1.03 bits per heavy atom. The minimum Gasteiger partial charge on any atom is -0.479 e. The van der Waals surface area contributed by atoms with Gasteiger partial charge in [0.1, 0.15) is 11.5 Å². The summed E-state index contributed by atoms with van der Waals surface area (Å²) in [5, 5.41) is 5.64. The minimum absolute atomic E-state index is 0.226. The predicted octanol–water partition coefficient (Wildman–Crippen LogP) is 4.16. The molecular formula is C23H20N2O4. The fourth-order valence-corrected chi connectivity index (χ4v) is 3.03. The standard InChI is InChI=1S/C23H20N2O4/c1-15-22(26)25-19-14-17(12-13-20(19)28-15)24-23(27)21(16-8-4-2-5-9-16)29-18-10-6-3-7-11-18/h2-15,21H,1H3,(H,24,27)(H,25,26)/t15-,21+/m1/s1. The third-order valence-electron chi connectivity index (χ3n) is 4.52. The van der Waals surface area contributed by atoms with Crippen LogP contribution in [-0.2, 0) is 9.59 Å². The zero-order chi connectivity index (χ0) is 20.2. The van der Waals surface area contributed by atoms with Gasteiger partial charge in [-0.15, -0.1) is 0 Å². The molecule has 29 heavy (non-hydrogen) atoms. The first-order valence-electron chi connectivity index (χ1n) is 9.29. The molecule has 0 aliphatic carbocycles. The van der Waals surface area contributed by atoms with E-state index in [0.717, 1.165) is 5.56 Å². The van der Waals surface area contributed by atoms with E-state index in [2.05, 4.69) is 10.6 Å². The van der Waals surface area contributed by atoms with Gasteiger partial charge in [-0.3, -0.25) is 9.59 Å². The van der Waals surface area contributed by atoms with Crippen LogP contribution in [0.15, 0.2) is 78.9 Å². The van der Waals surface area contributed by atoms with E-state index in [1.807, 2.05) is 48.5 Å². The monoisotopic (exact) mass is 388 g/mol. The number of hydrogen-bond donors (Lipinski definition) is 2. The SMILES string of the molecule is C[C@H]1Oc2ccc(NC(=O)[C@@H](Oc3ccccc3)c3ccccc3)cc2NC1=O. The van der Waals surface area contributed by atoms with Crippen molar-refractivity contribution in [2.75, 3.05) is 10.6 Å². The van der Waals surface area contributed by atoms with Crippen molar-refractivity contribution in [1.82, 2.24) is 0 Å². The molecule has 3 aromatic carbocycles. The molecule has 6 heteroatoms. The van der Waals surface area contributed by atoms with Crippen LogP contribution in [0.1, 0.15) is 18.6 Å². The first-order valence-corrected chi connectivity index (χ1v) is 9.29. The summed E-state index contributed by atoms with van der Waals surface area (Å²) in [4.78, 5) is 24.9. The zero-order valence-corrected chi connectivity index (χ0v) is 15.8. The molecule has 3 aromatic rings. The van der Waals surface area contributed by atoms with Gasteiger partial charge in [-0.1, -0.05) is 48.5 Å². The topological polar surface area (TPSA) is 76.7 Å².